The van der Waals surface area contributed by atoms with Crippen molar-refractivity contribution in [2.45, 2.75) is 19.3 Å². The molecule has 0 heterocycles. The zero-order chi connectivity index (χ0) is 14.6. The van der Waals surface area contributed by atoms with E-state index in [1.807, 2.05) is 30.3 Å². The van der Waals surface area contributed by atoms with Crippen molar-refractivity contribution < 1.29 is 33.5 Å². The van der Waals surface area contributed by atoms with Gasteiger partial charge in [-0.05, 0) is 23.3 Å². The summed E-state index contributed by atoms with van der Waals surface area (Å²) in [6.45, 7) is 3.88. The molecule has 0 aromatic heterocycles. The molecule has 0 bridgehead atoms. The zero-order valence-electron chi connectivity index (χ0n) is 12.6. The molecule has 0 unspecified atom stereocenters. The minimum atomic E-state index is -1.22. The Morgan fingerprint density at radius 2 is 1.52 bits per heavy atom. The molecule has 0 spiro atoms. The van der Waals surface area contributed by atoms with Crippen LogP contribution < -0.4 is 28.7 Å². The first-order chi connectivity index (χ1) is 9.50. The third-order valence-electron chi connectivity index (χ3n) is 3.43. The molecule has 104 valence electrons. The summed E-state index contributed by atoms with van der Waals surface area (Å²) in [5, 5.41) is 10.3. The second-order valence-electron chi connectivity index (χ2n) is 5.18. The molecular formula is C17H17LiO3. The van der Waals surface area contributed by atoms with Crippen LogP contribution in [0.1, 0.15) is 25.0 Å². The smallest absolute Gasteiger partial charge is 0.546 e. The van der Waals surface area contributed by atoms with E-state index >= 15 is 0 Å². The number of benzene rings is 2. The minimum Gasteiger partial charge on any atom is -0.546 e. The number of aliphatic carboxylic acids is 1. The number of hydrogen-bond donors (Lipinski definition) is 0. The molecule has 2 aromatic carbocycles. The molecule has 0 amide bonds. The van der Waals surface area contributed by atoms with Crippen LogP contribution in [0.3, 0.4) is 0 Å². The van der Waals surface area contributed by atoms with Crippen LogP contribution in [0.25, 0.3) is 0 Å². The average Bonchev–Trinajstić information content (AvgIpc) is 2.46. The van der Waals surface area contributed by atoms with Crippen LogP contribution >= 0.6 is 0 Å². The van der Waals surface area contributed by atoms with Gasteiger partial charge in [0.05, 0.1) is 5.97 Å². The van der Waals surface area contributed by atoms with Crippen molar-refractivity contribution in [2.75, 3.05) is 6.61 Å². The van der Waals surface area contributed by atoms with Crippen molar-refractivity contribution in [1.82, 2.24) is 0 Å². The fourth-order valence-electron chi connectivity index (χ4n) is 2.13. The number of carboxylic acid groups (broad SMARTS) is 1. The molecule has 4 heteroatoms. The molecule has 0 saturated carbocycles. The van der Waals surface area contributed by atoms with Crippen molar-refractivity contribution in [3.05, 3.63) is 65.7 Å². The Morgan fingerprint density at radius 1 is 1.00 bits per heavy atom. The minimum absolute atomic E-state index is 0. The van der Waals surface area contributed by atoms with E-state index in [-0.39, 0.29) is 24.3 Å². The van der Waals surface area contributed by atoms with E-state index in [1.54, 1.807) is 12.1 Å². The summed E-state index contributed by atoms with van der Waals surface area (Å²) < 4.78 is 5.08. The Kier molecular flexibility index (Phi) is 6.08. The maximum absolute atomic E-state index is 10.3. The van der Waals surface area contributed by atoms with Crippen molar-refractivity contribution in [3.63, 3.8) is 0 Å². The van der Waals surface area contributed by atoms with Crippen molar-refractivity contribution in [1.29, 1.82) is 0 Å². The third-order valence-corrected chi connectivity index (χ3v) is 3.43. The normalized spacial score (nSPS) is 10.6. The van der Waals surface area contributed by atoms with Crippen LogP contribution in [-0.4, -0.2) is 12.6 Å². The predicted molar refractivity (Wildman–Crippen MR) is 75.5 cm³/mol. The van der Waals surface area contributed by atoms with E-state index in [9.17, 15) is 9.90 Å². The molecule has 2 aromatic rings. The van der Waals surface area contributed by atoms with E-state index in [0.29, 0.717) is 5.75 Å². The Labute approximate surface area is 137 Å². The molecular weight excluding hydrogens is 259 g/mol. The molecule has 0 fully saturated rings. The van der Waals surface area contributed by atoms with Gasteiger partial charge in [0.1, 0.15) is 12.4 Å². The first kappa shape index (κ1) is 17.4. The van der Waals surface area contributed by atoms with E-state index in [0.717, 1.165) is 5.56 Å². The van der Waals surface area contributed by atoms with Gasteiger partial charge >= 0.3 is 18.9 Å². The molecule has 0 saturated heterocycles. The quantitative estimate of drug-likeness (QED) is 0.668. The topological polar surface area (TPSA) is 49.4 Å². The number of carbonyl (C=O) groups excluding carboxylic acids is 1. The summed E-state index contributed by atoms with van der Waals surface area (Å²) >= 11 is 0. The second-order valence-corrected chi connectivity index (χ2v) is 5.18. The summed E-state index contributed by atoms with van der Waals surface area (Å²) in [5.41, 5.74) is 2.25. The zero-order valence-corrected chi connectivity index (χ0v) is 12.6. The Morgan fingerprint density at radius 3 is 2.05 bits per heavy atom. The Balaban J connectivity index is 0.00000220. The first-order valence-electron chi connectivity index (χ1n) is 6.49. The first-order valence-corrected chi connectivity index (χ1v) is 6.49. The van der Waals surface area contributed by atoms with E-state index in [4.69, 9.17) is 4.74 Å². The van der Waals surface area contributed by atoms with Crippen molar-refractivity contribution in [3.8, 4) is 5.75 Å². The van der Waals surface area contributed by atoms with Gasteiger partial charge in [-0.2, -0.15) is 0 Å². The van der Waals surface area contributed by atoms with Gasteiger partial charge < -0.3 is 14.6 Å². The monoisotopic (exact) mass is 276 g/mol. The molecule has 0 atom stereocenters. The van der Waals surface area contributed by atoms with Gasteiger partial charge in [0.2, 0.25) is 0 Å². The maximum Gasteiger partial charge on any atom is 1.00 e. The average molecular weight is 276 g/mol. The summed E-state index contributed by atoms with van der Waals surface area (Å²) in [4.78, 5) is 10.3. The van der Waals surface area contributed by atoms with Crippen molar-refractivity contribution >= 4 is 5.97 Å². The summed E-state index contributed by atoms with van der Waals surface area (Å²) in [6.07, 6.45) is 0. The molecule has 2 rings (SSSR count). The molecule has 0 aliphatic carbocycles. The fourth-order valence-corrected chi connectivity index (χ4v) is 2.13. The van der Waals surface area contributed by atoms with Gasteiger partial charge in [0.25, 0.3) is 0 Å². The van der Waals surface area contributed by atoms with Gasteiger partial charge in [0, 0.05) is 5.41 Å². The molecule has 0 N–H and O–H groups in total. The number of ether oxygens (including phenoxy) is 1. The van der Waals surface area contributed by atoms with Crippen molar-refractivity contribution in [2.24, 2.45) is 0 Å². The van der Waals surface area contributed by atoms with E-state index < -0.39 is 12.6 Å². The largest absolute Gasteiger partial charge is 1.00 e. The number of rotatable bonds is 5. The number of hydrogen-bond acceptors (Lipinski definition) is 3. The fraction of sp³-hybridized carbons (Fsp3) is 0.235. The second kappa shape index (κ2) is 7.35. The van der Waals surface area contributed by atoms with Crippen LogP contribution in [0, 0.1) is 0 Å². The van der Waals surface area contributed by atoms with Crippen LogP contribution in [0.15, 0.2) is 54.6 Å². The SMILES string of the molecule is CC(C)(c1ccccc1)c1ccc(OCC(=O)[O-])cc1.[Li+]. The van der Waals surface area contributed by atoms with Crippen LogP contribution in [0.5, 0.6) is 5.75 Å². The number of carboxylic acids is 1. The molecule has 3 nitrogen and oxygen atoms in total. The summed E-state index contributed by atoms with van der Waals surface area (Å²) in [7, 11) is 0. The summed E-state index contributed by atoms with van der Waals surface area (Å²) in [6, 6.07) is 17.7. The molecule has 0 aliphatic heterocycles. The molecule has 21 heavy (non-hydrogen) atoms. The molecule has 0 radical (unpaired) electrons. The van der Waals surface area contributed by atoms with E-state index in [2.05, 4.69) is 26.0 Å². The van der Waals surface area contributed by atoms with Gasteiger partial charge in [-0.1, -0.05) is 56.3 Å². The van der Waals surface area contributed by atoms with Crippen LogP contribution in [0.2, 0.25) is 0 Å². The van der Waals surface area contributed by atoms with Gasteiger partial charge in [-0.25, -0.2) is 0 Å². The van der Waals surface area contributed by atoms with Gasteiger partial charge in [-0.15, -0.1) is 0 Å². The van der Waals surface area contributed by atoms with E-state index in [1.165, 1.54) is 5.56 Å². The standard InChI is InChI=1S/C17H18O3.Li/c1-17(2,13-6-4-3-5-7-13)14-8-10-15(11-9-14)20-12-16(18)19;/h3-11H,12H2,1-2H3,(H,18,19);/q;+1/p-1. The van der Waals surface area contributed by atoms with Crippen LogP contribution in [-0.2, 0) is 10.2 Å². The maximum atomic E-state index is 10.3. The predicted octanol–water partition coefficient (Wildman–Crippen LogP) is -0.855. The third kappa shape index (κ3) is 4.39. The number of carbonyl (C=O) groups is 1. The Hall–Kier alpha value is -1.69. The van der Waals surface area contributed by atoms with Gasteiger partial charge in [0.15, 0.2) is 0 Å². The van der Waals surface area contributed by atoms with Crippen LogP contribution in [0.4, 0.5) is 0 Å². The Bertz CT molecular complexity index is 577. The molecule has 0 aliphatic rings. The van der Waals surface area contributed by atoms with Gasteiger partial charge in [-0.3, -0.25) is 0 Å². The summed E-state index contributed by atoms with van der Waals surface area (Å²) in [5.74, 6) is -0.694.